The highest BCUT2D eigenvalue weighted by Gasteiger charge is 2.24. The Bertz CT molecular complexity index is 3510. The van der Waals surface area contributed by atoms with E-state index in [1.807, 2.05) is 0 Å². The molecule has 0 saturated heterocycles. The molecular formula is C62H42N2. The van der Waals surface area contributed by atoms with Crippen LogP contribution in [-0.2, 0) is 0 Å². The molecule has 64 heavy (non-hydrogen) atoms. The first-order chi connectivity index (χ1) is 31.6. The number of aromatic nitrogens is 1. The Morgan fingerprint density at radius 2 is 0.703 bits per heavy atom. The Kier molecular flexibility index (Phi) is 9.02. The summed E-state index contributed by atoms with van der Waals surface area (Å²) in [7, 11) is 0. The van der Waals surface area contributed by atoms with Crippen LogP contribution in [-0.4, -0.2) is 4.57 Å². The van der Waals surface area contributed by atoms with Gasteiger partial charge in [-0.05, 0) is 139 Å². The van der Waals surface area contributed by atoms with Crippen LogP contribution in [0.25, 0.3) is 88.7 Å². The van der Waals surface area contributed by atoms with Gasteiger partial charge in [0, 0.05) is 33.5 Å². The second kappa shape index (κ2) is 15.5. The summed E-state index contributed by atoms with van der Waals surface area (Å²) in [6, 6.07) is 87.9. The fourth-order valence-corrected chi connectivity index (χ4v) is 9.69. The second-order valence-corrected chi connectivity index (χ2v) is 16.6. The second-order valence-electron chi connectivity index (χ2n) is 16.6. The Morgan fingerprint density at radius 1 is 0.281 bits per heavy atom. The molecule has 0 N–H and O–H groups in total. The summed E-state index contributed by atoms with van der Waals surface area (Å²) in [6.45, 7) is 4.55. The van der Waals surface area contributed by atoms with Crippen LogP contribution in [0, 0.1) is 0 Å². The van der Waals surface area contributed by atoms with Gasteiger partial charge in [-0.3, -0.25) is 0 Å². The number of hydrogen-bond donors (Lipinski definition) is 0. The van der Waals surface area contributed by atoms with Crippen LogP contribution < -0.4 is 4.90 Å². The highest BCUT2D eigenvalue weighted by atomic mass is 15.1. The summed E-state index contributed by atoms with van der Waals surface area (Å²) >= 11 is 0. The molecule has 1 aliphatic carbocycles. The van der Waals surface area contributed by atoms with Gasteiger partial charge in [0.1, 0.15) is 0 Å². The fourth-order valence-electron chi connectivity index (χ4n) is 9.69. The van der Waals surface area contributed by atoms with Crippen LogP contribution in [0.4, 0.5) is 17.1 Å². The van der Waals surface area contributed by atoms with E-state index in [0.29, 0.717) is 0 Å². The highest BCUT2D eigenvalue weighted by Crippen LogP contribution is 2.47. The van der Waals surface area contributed by atoms with E-state index in [-0.39, 0.29) is 0 Å². The van der Waals surface area contributed by atoms with E-state index in [1.165, 1.54) is 88.6 Å². The van der Waals surface area contributed by atoms with Gasteiger partial charge in [0.05, 0.1) is 11.0 Å². The number of hydrogen-bond acceptors (Lipinski definition) is 1. The largest absolute Gasteiger partial charge is 0.310 e. The van der Waals surface area contributed by atoms with Crippen molar-refractivity contribution in [1.82, 2.24) is 4.57 Å². The van der Waals surface area contributed by atoms with Gasteiger partial charge in [0.2, 0.25) is 0 Å². The molecule has 1 aromatic heterocycles. The molecule has 300 valence electrons. The molecular weight excluding hydrogens is 773 g/mol. The van der Waals surface area contributed by atoms with Gasteiger partial charge in [0.15, 0.2) is 0 Å². The molecule has 10 aromatic carbocycles. The average molecular weight is 815 g/mol. The number of para-hydroxylation sites is 1. The zero-order valence-electron chi connectivity index (χ0n) is 35.2. The Morgan fingerprint density at radius 3 is 1.31 bits per heavy atom. The maximum Gasteiger partial charge on any atom is 0.0541 e. The zero-order valence-corrected chi connectivity index (χ0v) is 35.2. The molecule has 0 radical (unpaired) electrons. The van der Waals surface area contributed by atoms with Crippen LogP contribution in [0.2, 0.25) is 0 Å². The van der Waals surface area contributed by atoms with Crippen LogP contribution >= 0.6 is 0 Å². The van der Waals surface area contributed by atoms with Crippen molar-refractivity contribution in [2.24, 2.45) is 0 Å². The van der Waals surface area contributed by atoms with Gasteiger partial charge in [-0.1, -0.05) is 183 Å². The molecule has 0 bridgehead atoms. The maximum absolute atomic E-state index is 4.55. The summed E-state index contributed by atoms with van der Waals surface area (Å²) in [5.41, 5.74) is 22.3. The molecule has 12 rings (SSSR count). The topological polar surface area (TPSA) is 8.17 Å². The van der Waals surface area contributed by atoms with E-state index in [2.05, 4.69) is 259 Å². The molecule has 0 fully saturated rings. The monoisotopic (exact) mass is 814 g/mol. The molecule has 1 aliphatic rings. The molecule has 2 nitrogen and oxygen atoms in total. The van der Waals surface area contributed by atoms with E-state index < -0.39 is 0 Å². The standard InChI is InChI=1S/C62H42N2/c1-42-55-16-8-9-17-56(55)57-38-37-54(41-59(42)57)63(51-31-24-48(25-32-51)46-22-20-45(21-23-46)43-12-4-2-5-13-43)52-33-28-49(29-34-52)50-30-39-62-60(40-50)58-18-10-11-19-61(58)64(62)53-35-26-47(27-36-53)44-14-6-3-7-15-44/h2-41H,1H2. The van der Waals surface area contributed by atoms with Crippen LogP contribution in [0.1, 0.15) is 11.1 Å². The highest BCUT2D eigenvalue weighted by molar-refractivity contribution is 6.10. The molecule has 0 aliphatic heterocycles. The van der Waals surface area contributed by atoms with Gasteiger partial charge >= 0.3 is 0 Å². The van der Waals surface area contributed by atoms with Gasteiger partial charge in [-0.25, -0.2) is 0 Å². The van der Waals surface area contributed by atoms with Gasteiger partial charge in [-0.15, -0.1) is 0 Å². The third-order valence-corrected chi connectivity index (χ3v) is 12.9. The zero-order chi connectivity index (χ0) is 42.6. The summed E-state index contributed by atoms with van der Waals surface area (Å²) in [5.74, 6) is 0. The lowest BCUT2D eigenvalue weighted by atomic mass is 9.99. The molecule has 0 spiro atoms. The summed E-state index contributed by atoms with van der Waals surface area (Å²) < 4.78 is 2.39. The smallest absolute Gasteiger partial charge is 0.0541 e. The van der Waals surface area contributed by atoms with E-state index in [4.69, 9.17) is 0 Å². The predicted molar refractivity (Wildman–Crippen MR) is 271 cm³/mol. The molecule has 0 amide bonds. The van der Waals surface area contributed by atoms with E-state index in [0.717, 1.165) is 28.3 Å². The Labute approximate surface area is 373 Å². The van der Waals surface area contributed by atoms with E-state index in [9.17, 15) is 0 Å². The normalized spacial score (nSPS) is 11.8. The molecule has 0 saturated carbocycles. The lowest BCUT2D eigenvalue weighted by Crippen LogP contribution is -2.10. The molecule has 1 heterocycles. The van der Waals surface area contributed by atoms with Crippen molar-refractivity contribution in [1.29, 1.82) is 0 Å². The fraction of sp³-hybridized carbons (Fsp3) is 0. The summed E-state index contributed by atoms with van der Waals surface area (Å²) in [4.78, 5) is 2.36. The lowest BCUT2D eigenvalue weighted by Gasteiger charge is -2.26. The number of rotatable bonds is 8. The minimum absolute atomic E-state index is 1.07. The maximum atomic E-state index is 4.55. The average Bonchev–Trinajstić information content (AvgIpc) is 3.86. The molecule has 2 heteroatoms. The summed E-state index contributed by atoms with van der Waals surface area (Å²) in [6.07, 6.45) is 0. The van der Waals surface area contributed by atoms with Crippen molar-refractivity contribution < 1.29 is 0 Å². The third kappa shape index (κ3) is 6.44. The van der Waals surface area contributed by atoms with Gasteiger partial charge in [-0.2, -0.15) is 0 Å². The van der Waals surface area contributed by atoms with Crippen LogP contribution in [0.15, 0.2) is 249 Å². The van der Waals surface area contributed by atoms with Crippen LogP contribution in [0.3, 0.4) is 0 Å². The first-order valence-electron chi connectivity index (χ1n) is 21.9. The van der Waals surface area contributed by atoms with Crippen molar-refractivity contribution in [3.05, 3.63) is 260 Å². The first kappa shape index (κ1) is 37.3. The number of nitrogens with zero attached hydrogens (tertiary/aromatic N) is 2. The number of anilines is 3. The van der Waals surface area contributed by atoms with Gasteiger partial charge < -0.3 is 9.47 Å². The number of fused-ring (bicyclic) bond motifs is 6. The lowest BCUT2D eigenvalue weighted by molar-refractivity contribution is 1.18. The molecule has 0 unspecified atom stereocenters. The van der Waals surface area contributed by atoms with Crippen LogP contribution in [0.5, 0.6) is 0 Å². The minimum atomic E-state index is 1.07. The third-order valence-electron chi connectivity index (χ3n) is 12.9. The van der Waals surface area contributed by atoms with Crippen molar-refractivity contribution in [2.75, 3.05) is 4.90 Å². The quantitative estimate of drug-likeness (QED) is 0.148. The summed E-state index contributed by atoms with van der Waals surface area (Å²) in [5, 5.41) is 2.48. The first-order valence-corrected chi connectivity index (χ1v) is 21.9. The SMILES string of the molecule is C=C1c2ccccc2-c2ccc(N(c3ccc(-c4ccc(-c5ccccc5)cc4)cc3)c3ccc(-c4ccc5c(c4)c4ccccc4n5-c4ccc(-c5ccccc5)cc4)cc3)cc21. The molecule has 11 aromatic rings. The van der Waals surface area contributed by atoms with Gasteiger partial charge in [0.25, 0.3) is 0 Å². The van der Waals surface area contributed by atoms with E-state index >= 15 is 0 Å². The van der Waals surface area contributed by atoms with Crippen molar-refractivity contribution in [2.45, 2.75) is 0 Å². The predicted octanol–water partition coefficient (Wildman–Crippen LogP) is 17.0. The van der Waals surface area contributed by atoms with Crippen molar-refractivity contribution >= 4 is 44.4 Å². The van der Waals surface area contributed by atoms with E-state index in [1.54, 1.807) is 0 Å². The minimum Gasteiger partial charge on any atom is -0.310 e. The molecule has 0 atom stereocenters. The van der Waals surface area contributed by atoms with Crippen molar-refractivity contribution in [3.63, 3.8) is 0 Å². The Balaban J connectivity index is 0.902. The number of benzene rings is 10. The van der Waals surface area contributed by atoms with Crippen molar-refractivity contribution in [3.8, 4) is 61.3 Å². The Hall–Kier alpha value is -8.46.